The molecule has 110 valence electrons. The van der Waals surface area contributed by atoms with Crippen LogP contribution in [0.2, 0.25) is 0 Å². The highest BCUT2D eigenvalue weighted by Crippen LogP contribution is 2.21. The Labute approximate surface area is 122 Å². The number of hydrogen-bond acceptors (Lipinski definition) is 2. The van der Waals surface area contributed by atoms with Crippen LogP contribution in [-0.4, -0.2) is 37.0 Å². The first-order valence-electron chi connectivity index (χ1n) is 7.76. The van der Waals surface area contributed by atoms with E-state index in [-0.39, 0.29) is 5.91 Å². The lowest BCUT2D eigenvalue weighted by Crippen LogP contribution is -2.41. The molecule has 0 heterocycles. The summed E-state index contributed by atoms with van der Waals surface area (Å²) >= 11 is 0. The van der Waals surface area contributed by atoms with E-state index in [0.717, 1.165) is 13.0 Å². The summed E-state index contributed by atoms with van der Waals surface area (Å²) in [6.07, 6.45) is 7.37. The zero-order valence-corrected chi connectivity index (χ0v) is 12.5. The lowest BCUT2D eigenvalue weighted by Gasteiger charge is -2.30. The van der Waals surface area contributed by atoms with Crippen LogP contribution in [0.3, 0.4) is 0 Å². The van der Waals surface area contributed by atoms with Crippen LogP contribution >= 0.6 is 0 Å². The topological polar surface area (TPSA) is 32.3 Å². The summed E-state index contributed by atoms with van der Waals surface area (Å²) in [5, 5.41) is 3.02. The smallest absolute Gasteiger partial charge is 0.234 e. The van der Waals surface area contributed by atoms with E-state index in [9.17, 15) is 4.79 Å². The van der Waals surface area contributed by atoms with E-state index in [2.05, 4.69) is 29.4 Å². The molecule has 1 fully saturated rings. The van der Waals surface area contributed by atoms with Crippen LogP contribution in [0.4, 0.5) is 0 Å². The average Bonchev–Trinajstić information content (AvgIpc) is 2.49. The van der Waals surface area contributed by atoms with Crippen LogP contribution < -0.4 is 5.32 Å². The van der Waals surface area contributed by atoms with Crippen molar-refractivity contribution in [2.75, 3.05) is 20.1 Å². The Bertz CT molecular complexity index is 399. The normalized spacial score (nSPS) is 16.3. The first kappa shape index (κ1) is 15.0. The molecule has 0 bridgehead atoms. The lowest BCUT2D eigenvalue weighted by atomic mass is 9.94. The fourth-order valence-electron chi connectivity index (χ4n) is 2.92. The van der Waals surface area contributed by atoms with Crippen molar-refractivity contribution >= 4 is 5.91 Å². The van der Waals surface area contributed by atoms with E-state index in [1.165, 1.54) is 37.7 Å². The van der Waals surface area contributed by atoms with Gasteiger partial charge < -0.3 is 5.32 Å². The van der Waals surface area contributed by atoms with Gasteiger partial charge in [0.25, 0.3) is 0 Å². The Kier molecular flexibility index (Phi) is 6.06. The van der Waals surface area contributed by atoms with Gasteiger partial charge in [-0.1, -0.05) is 49.6 Å². The van der Waals surface area contributed by atoms with Gasteiger partial charge in [-0.05, 0) is 31.9 Å². The second kappa shape index (κ2) is 8.05. The van der Waals surface area contributed by atoms with Gasteiger partial charge >= 0.3 is 0 Å². The van der Waals surface area contributed by atoms with Gasteiger partial charge in [0.05, 0.1) is 6.54 Å². The number of benzene rings is 1. The molecule has 1 aliphatic rings. The minimum atomic E-state index is 0.147. The van der Waals surface area contributed by atoms with Crippen molar-refractivity contribution < 1.29 is 4.79 Å². The Morgan fingerprint density at radius 1 is 1.20 bits per heavy atom. The predicted octanol–water partition coefficient (Wildman–Crippen LogP) is 2.61. The van der Waals surface area contributed by atoms with E-state index in [0.29, 0.717) is 12.6 Å². The minimum absolute atomic E-state index is 0.147. The third-order valence-corrected chi connectivity index (χ3v) is 4.17. The number of amides is 1. The second-order valence-corrected chi connectivity index (χ2v) is 5.79. The van der Waals surface area contributed by atoms with Crippen molar-refractivity contribution in [3.05, 3.63) is 35.9 Å². The number of nitrogens with one attached hydrogen (secondary N) is 1. The van der Waals surface area contributed by atoms with Gasteiger partial charge in [-0.25, -0.2) is 0 Å². The highest BCUT2D eigenvalue weighted by atomic mass is 16.2. The maximum Gasteiger partial charge on any atom is 0.234 e. The van der Waals surface area contributed by atoms with Gasteiger partial charge in [-0.2, -0.15) is 0 Å². The molecule has 1 aliphatic carbocycles. The van der Waals surface area contributed by atoms with Gasteiger partial charge in [-0.3, -0.25) is 9.69 Å². The Morgan fingerprint density at radius 3 is 2.60 bits per heavy atom. The van der Waals surface area contributed by atoms with Crippen LogP contribution in [0, 0.1) is 0 Å². The molecular weight excluding hydrogens is 248 g/mol. The molecule has 1 amide bonds. The molecular formula is C17H26N2O. The third kappa shape index (κ3) is 4.97. The van der Waals surface area contributed by atoms with E-state index < -0.39 is 0 Å². The molecule has 2 rings (SSSR count). The standard InChI is InChI=1S/C17H26N2O/c1-19(16-10-6-3-7-11-16)14-17(20)18-13-12-15-8-4-2-5-9-15/h2,4-5,8-9,16H,3,6-7,10-14H2,1H3,(H,18,20). The van der Waals surface area contributed by atoms with Crippen LogP contribution in [0.1, 0.15) is 37.7 Å². The number of carbonyl (C=O) groups is 1. The first-order valence-corrected chi connectivity index (χ1v) is 7.76. The van der Waals surface area contributed by atoms with Crippen LogP contribution in [0.15, 0.2) is 30.3 Å². The molecule has 3 heteroatoms. The first-order chi connectivity index (χ1) is 9.75. The molecule has 1 saturated carbocycles. The van der Waals surface area contributed by atoms with Crippen molar-refractivity contribution in [1.29, 1.82) is 0 Å². The Hall–Kier alpha value is -1.35. The van der Waals surface area contributed by atoms with E-state index >= 15 is 0 Å². The third-order valence-electron chi connectivity index (χ3n) is 4.17. The molecule has 3 nitrogen and oxygen atoms in total. The van der Waals surface area contributed by atoms with Crippen LogP contribution in [0.5, 0.6) is 0 Å². The summed E-state index contributed by atoms with van der Waals surface area (Å²) in [6, 6.07) is 10.9. The van der Waals surface area contributed by atoms with Crippen molar-refractivity contribution in [3.63, 3.8) is 0 Å². The summed E-state index contributed by atoms with van der Waals surface area (Å²) in [7, 11) is 2.08. The Morgan fingerprint density at radius 2 is 1.90 bits per heavy atom. The largest absolute Gasteiger partial charge is 0.355 e. The molecule has 0 radical (unpaired) electrons. The molecule has 1 aromatic carbocycles. The fourth-order valence-corrected chi connectivity index (χ4v) is 2.92. The number of rotatable bonds is 6. The molecule has 20 heavy (non-hydrogen) atoms. The van der Waals surface area contributed by atoms with Gasteiger partial charge in [0.15, 0.2) is 0 Å². The van der Waals surface area contributed by atoms with Gasteiger partial charge in [-0.15, -0.1) is 0 Å². The van der Waals surface area contributed by atoms with E-state index in [4.69, 9.17) is 0 Å². The average molecular weight is 274 g/mol. The van der Waals surface area contributed by atoms with Gasteiger partial charge in [0, 0.05) is 12.6 Å². The summed E-state index contributed by atoms with van der Waals surface area (Å²) in [5.41, 5.74) is 1.27. The summed E-state index contributed by atoms with van der Waals surface area (Å²) < 4.78 is 0. The molecule has 1 aromatic rings. The summed E-state index contributed by atoms with van der Waals surface area (Å²) in [4.78, 5) is 14.2. The SMILES string of the molecule is CN(CC(=O)NCCc1ccccc1)C1CCCCC1. The molecule has 0 spiro atoms. The lowest BCUT2D eigenvalue weighted by molar-refractivity contribution is -0.122. The van der Waals surface area contributed by atoms with Crippen molar-refractivity contribution in [1.82, 2.24) is 10.2 Å². The van der Waals surface area contributed by atoms with E-state index in [1.54, 1.807) is 0 Å². The zero-order chi connectivity index (χ0) is 14.2. The molecule has 0 saturated heterocycles. The van der Waals surface area contributed by atoms with Crippen molar-refractivity contribution in [2.45, 2.75) is 44.6 Å². The molecule has 1 N–H and O–H groups in total. The van der Waals surface area contributed by atoms with Crippen LogP contribution in [0.25, 0.3) is 0 Å². The maximum absolute atomic E-state index is 11.9. The minimum Gasteiger partial charge on any atom is -0.355 e. The predicted molar refractivity (Wildman–Crippen MR) is 82.7 cm³/mol. The maximum atomic E-state index is 11.9. The Balaban J connectivity index is 1.64. The van der Waals surface area contributed by atoms with E-state index in [1.807, 2.05) is 18.2 Å². The highest BCUT2D eigenvalue weighted by molar-refractivity contribution is 5.78. The molecule has 0 aliphatic heterocycles. The second-order valence-electron chi connectivity index (χ2n) is 5.79. The summed E-state index contributed by atoms with van der Waals surface area (Å²) in [5.74, 6) is 0.147. The number of nitrogens with zero attached hydrogens (tertiary/aromatic N) is 1. The summed E-state index contributed by atoms with van der Waals surface area (Å²) in [6.45, 7) is 1.25. The number of hydrogen-bond donors (Lipinski definition) is 1. The number of carbonyl (C=O) groups excluding carboxylic acids is 1. The molecule has 0 aromatic heterocycles. The monoisotopic (exact) mass is 274 g/mol. The number of likely N-dealkylation sites (N-methyl/N-ethyl adjacent to an activating group) is 1. The molecule has 0 atom stereocenters. The van der Waals surface area contributed by atoms with Crippen molar-refractivity contribution in [2.24, 2.45) is 0 Å². The fraction of sp³-hybridized carbons (Fsp3) is 0.588. The zero-order valence-electron chi connectivity index (χ0n) is 12.5. The van der Waals surface area contributed by atoms with Gasteiger partial charge in [0.1, 0.15) is 0 Å². The quantitative estimate of drug-likeness (QED) is 0.865. The molecule has 0 unspecified atom stereocenters. The van der Waals surface area contributed by atoms with Crippen LogP contribution in [-0.2, 0) is 11.2 Å². The van der Waals surface area contributed by atoms with Crippen molar-refractivity contribution in [3.8, 4) is 0 Å². The highest BCUT2D eigenvalue weighted by Gasteiger charge is 2.19. The van der Waals surface area contributed by atoms with Gasteiger partial charge in [0.2, 0.25) is 5.91 Å².